The number of aromatic nitrogens is 2. The molecule has 5 nitrogen and oxygen atoms in total. The fourth-order valence-electron chi connectivity index (χ4n) is 1.75. The molecule has 0 radical (unpaired) electrons. The minimum absolute atomic E-state index is 0.00292. The fraction of sp³-hybridized carbons (Fsp3) is 0.273. The predicted molar refractivity (Wildman–Crippen MR) is 64.5 cm³/mol. The Morgan fingerprint density at radius 3 is 2.94 bits per heavy atom. The number of nitrogens with zero attached hydrogens (tertiary/aromatic N) is 2. The van der Waals surface area contributed by atoms with Crippen molar-refractivity contribution in [3.63, 3.8) is 0 Å². The average molecular weight is 254 g/mol. The van der Waals surface area contributed by atoms with E-state index in [9.17, 15) is 4.79 Å². The van der Waals surface area contributed by atoms with Crippen molar-refractivity contribution in [3.8, 4) is 0 Å². The molecule has 0 aliphatic heterocycles. The second-order valence-corrected chi connectivity index (χ2v) is 4.32. The van der Waals surface area contributed by atoms with E-state index in [4.69, 9.17) is 22.4 Å². The number of aromatic carboxylic acids is 1. The second kappa shape index (κ2) is 4.35. The number of halogens is 1. The maximum absolute atomic E-state index is 11.1. The van der Waals surface area contributed by atoms with Crippen molar-refractivity contribution in [2.24, 2.45) is 5.73 Å². The van der Waals surface area contributed by atoms with E-state index in [1.54, 1.807) is 22.6 Å². The summed E-state index contributed by atoms with van der Waals surface area (Å²) in [5.41, 5.74) is 6.20. The Balaban J connectivity index is 2.71. The molecule has 0 aliphatic carbocycles. The van der Waals surface area contributed by atoms with E-state index in [1.807, 2.05) is 6.92 Å². The van der Waals surface area contributed by atoms with Gasteiger partial charge in [-0.05, 0) is 19.1 Å². The van der Waals surface area contributed by atoms with E-state index in [1.165, 1.54) is 0 Å². The molecule has 17 heavy (non-hydrogen) atoms. The summed E-state index contributed by atoms with van der Waals surface area (Å²) in [4.78, 5) is 15.2. The summed E-state index contributed by atoms with van der Waals surface area (Å²) in [5, 5.41) is 9.50. The Morgan fingerprint density at radius 1 is 1.65 bits per heavy atom. The molecule has 90 valence electrons. The predicted octanol–water partition coefficient (Wildman–Crippen LogP) is 1.58. The molecule has 2 heterocycles. The highest BCUT2D eigenvalue weighted by Crippen LogP contribution is 2.20. The first-order valence-corrected chi connectivity index (χ1v) is 5.53. The number of nitrogens with two attached hydrogens (primary N) is 1. The summed E-state index contributed by atoms with van der Waals surface area (Å²) in [6.45, 7) is 1.83. The van der Waals surface area contributed by atoms with Gasteiger partial charge < -0.3 is 10.8 Å². The Hall–Kier alpha value is -1.59. The van der Waals surface area contributed by atoms with Crippen LogP contribution in [0.5, 0.6) is 0 Å². The third kappa shape index (κ3) is 2.11. The molecule has 3 N–H and O–H groups in total. The van der Waals surface area contributed by atoms with Crippen molar-refractivity contribution >= 4 is 23.1 Å². The van der Waals surface area contributed by atoms with E-state index in [-0.39, 0.29) is 11.7 Å². The molecule has 2 aromatic rings. The van der Waals surface area contributed by atoms with Gasteiger partial charge in [-0.25, -0.2) is 9.78 Å². The van der Waals surface area contributed by atoms with Gasteiger partial charge in [0.1, 0.15) is 11.0 Å². The maximum Gasteiger partial charge on any atom is 0.356 e. The van der Waals surface area contributed by atoms with Crippen LogP contribution in [0.2, 0.25) is 5.15 Å². The number of imidazole rings is 1. The standard InChI is InChI=1S/C11H12ClN3O2/c1-6(13)5-9-14-10(11(16)17)7-3-2-4-8(12)15(7)9/h2-4,6H,5,13H2,1H3,(H,16,17). The molecule has 1 atom stereocenters. The number of carbonyl (C=O) groups is 1. The Morgan fingerprint density at radius 2 is 2.35 bits per heavy atom. The van der Waals surface area contributed by atoms with Gasteiger partial charge in [0.15, 0.2) is 5.69 Å². The SMILES string of the molecule is CC(N)Cc1nc(C(=O)O)c2cccc(Cl)n12. The molecule has 2 rings (SSSR count). The van der Waals surface area contributed by atoms with Gasteiger partial charge in [-0.15, -0.1) is 0 Å². The van der Waals surface area contributed by atoms with Crippen LogP contribution in [-0.2, 0) is 6.42 Å². The zero-order valence-electron chi connectivity index (χ0n) is 9.22. The largest absolute Gasteiger partial charge is 0.476 e. The summed E-state index contributed by atoms with van der Waals surface area (Å²) < 4.78 is 1.62. The normalized spacial score (nSPS) is 12.9. The smallest absolute Gasteiger partial charge is 0.356 e. The van der Waals surface area contributed by atoms with Gasteiger partial charge >= 0.3 is 5.97 Å². The molecule has 0 amide bonds. The van der Waals surface area contributed by atoms with E-state index >= 15 is 0 Å². The van der Waals surface area contributed by atoms with Gasteiger partial charge in [-0.1, -0.05) is 17.7 Å². The summed E-state index contributed by atoms with van der Waals surface area (Å²) >= 11 is 6.05. The quantitative estimate of drug-likeness (QED) is 0.814. The number of hydrogen-bond acceptors (Lipinski definition) is 3. The highest BCUT2D eigenvalue weighted by atomic mass is 35.5. The van der Waals surface area contributed by atoms with Crippen LogP contribution in [0.1, 0.15) is 23.2 Å². The van der Waals surface area contributed by atoms with E-state index in [2.05, 4.69) is 4.98 Å². The van der Waals surface area contributed by atoms with E-state index in [0.717, 1.165) is 0 Å². The lowest BCUT2D eigenvalue weighted by Gasteiger charge is -2.05. The Bertz CT molecular complexity index is 577. The van der Waals surface area contributed by atoms with Gasteiger partial charge in [-0.3, -0.25) is 4.40 Å². The summed E-state index contributed by atoms with van der Waals surface area (Å²) in [5.74, 6) is -0.501. The molecule has 0 spiro atoms. The highest BCUT2D eigenvalue weighted by molar-refractivity contribution is 6.29. The monoisotopic (exact) mass is 253 g/mol. The van der Waals surface area contributed by atoms with Crippen molar-refractivity contribution in [1.29, 1.82) is 0 Å². The molecule has 0 bridgehead atoms. The Kier molecular flexibility index (Phi) is 3.04. The summed E-state index contributed by atoms with van der Waals surface area (Å²) in [7, 11) is 0. The van der Waals surface area contributed by atoms with Crippen LogP contribution in [0.3, 0.4) is 0 Å². The molecule has 0 saturated heterocycles. The molecule has 2 aromatic heterocycles. The first-order chi connectivity index (χ1) is 8.00. The lowest BCUT2D eigenvalue weighted by molar-refractivity contribution is 0.0693. The Labute approximate surface area is 103 Å². The molecule has 0 aliphatic rings. The number of fused-ring (bicyclic) bond motifs is 1. The maximum atomic E-state index is 11.1. The third-order valence-electron chi connectivity index (χ3n) is 2.39. The minimum atomic E-state index is -1.07. The van der Waals surface area contributed by atoms with Crippen LogP contribution in [0.25, 0.3) is 5.52 Å². The van der Waals surface area contributed by atoms with Crippen molar-refractivity contribution in [2.45, 2.75) is 19.4 Å². The van der Waals surface area contributed by atoms with Crippen LogP contribution >= 0.6 is 11.6 Å². The fourth-order valence-corrected chi connectivity index (χ4v) is 2.01. The summed E-state index contributed by atoms with van der Waals surface area (Å²) in [6, 6.07) is 4.94. The minimum Gasteiger partial charge on any atom is -0.476 e. The van der Waals surface area contributed by atoms with Crippen LogP contribution in [0.15, 0.2) is 18.2 Å². The van der Waals surface area contributed by atoms with Gasteiger partial charge in [0.25, 0.3) is 0 Å². The van der Waals surface area contributed by atoms with Gasteiger partial charge in [0.05, 0.1) is 5.52 Å². The lowest BCUT2D eigenvalue weighted by Crippen LogP contribution is -2.19. The second-order valence-electron chi connectivity index (χ2n) is 3.93. The summed E-state index contributed by atoms with van der Waals surface area (Å²) in [6.07, 6.45) is 0.470. The lowest BCUT2D eigenvalue weighted by atomic mass is 10.2. The number of carboxylic acid groups (broad SMARTS) is 1. The van der Waals surface area contributed by atoms with Gasteiger partial charge in [-0.2, -0.15) is 0 Å². The van der Waals surface area contributed by atoms with Crippen LogP contribution < -0.4 is 5.73 Å². The number of hydrogen-bond donors (Lipinski definition) is 2. The van der Waals surface area contributed by atoms with Crippen LogP contribution in [0, 0.1) is 0 Å². The van der Waals surface area contributed by atoms with Crippen LogP contribution in [-0.4, -0.2) is 26.5 Å². The molecule has 6 heteroatoms. The molecule has 1 unspecified atom stereocenters. The highest BCUT2D eigenvalue weighted by Gasteiger charge is 2.18. The third-order valence-corrected chi connectivity index (χ3v) is 2.69. The molecular weight excluding hydrogens is 242 g/mol. The van der Waals surface area contributed by atoms with Crippen molar-refractivity contribution in [2.75, 3.05) is 0 Å². The van der Waals surface area contributed by atoms with E-state index in [0.29, 0.717) is 22.9 Å². The molecule has 0 saturated carbocycles. The molecule has 0 aromatic carbocycles. The topological polar surface area (TPSA) is 80.6 Å². The van der Waals surface area contributed by atoms with Crippen molar-refractivity contribution < 1.29 is 9.90 Å². The number of pyridine rings is 1. The van der Waals surface area contributed by atoms with Crippen molar-refractivity contribution in [1.82, 2.24) is 9.38 Å². The molecule has 0 fully saturated rings. The van der Waals surface area contributed by atoms with Gasteiger partial charge in [0.2, 0.25) is 0 Å². The van der Waals surface area contributed by atoms with Gasteiger partial charge in [0, 0.05) is 12.5 Å². The first kappa shape index (κ1) is 11.9. The average Bonchev–Trinajstić information content (AvgIpc) is 2.57. The number of rotatable bonds is 3. The van der Waals surface area contributed by atoms with Crippen LogP contribution in [0.4, 0.5) is 0 Å². The van der Waals surface area contributed by atoms with E-state index < -0.39 is 5.97 Å². The zero-order valence-corrected chi connectivity index (χ0v) is 9.98. The first-order valence-electron chi connectivity index (χ1n) is 5.15. The zero-order chi connectivity index (χ0) is 12.6. The van der Waals surface area contributed by atoms with Crippen molar-refractivity contribution in [3.05, 3.63) is 34.9 Å². The molecular formula is C11H12ClN3O2. The number of carboxylic acids is 1.